The average Bonchev–Trinajstić information content (AvgIpc) is 3.31. The van der Waals surface area contributed by atoms with Crippen LogP contribution in [0.1, 0.15) is 49.8 Å². The van der Waals surface area contributed by atoms with Gasteiger partial charge in [-0.15, -0.1) is 0 Å². The number of aryl methyl sites for hydroxylation is 1. The van der Waals surface area contributed by atoms with Crippen molar-refractivity contribution in [3.63, 3.8) is 0 Å². The zero-order valence-corrected chi connectivity index (χ0v) is 19.8. The molecular formula is C24H26FN5O4. The second kappa shape index (κ2) is 8.44. The number of nitrogens with one attached hydrogen (secondary N) is 2. The third-order valence-corrected chi connectivity index (χ3v) is 5.26. The normalized spacial score (nSPS) is 12.7. The highest BCUT2D eigenvalue weighted by Gasteiger charge is 2.21. The molecule has 1 amide bonds. The van der Waals surface area contributed by atoms with Crippen molar-refractivity contribution in [2.75, 3.05) is 7.11 Å². The molecule has 0 fully saturated rings. The number of aromatic amines is 1. The van der Waals surface area contributed by atoms with Gasteiger partial charge in [0.2, 0.25) is 0 Å². The Morgan fingerprint density at radius 1 is 1.18 bits per heavy atom. The standard InChI is InChI=1S/C24H26FN5O4/c1-12(26-23(32)34-24(2,3)4)16-8-7-13-10-18(28-20(13)27-16)21-29-17-11-14(22(31)33-6)9-15(25)19(17)30(21)5/h7-12H,1-6H3,(H,26,32)(H,27,28)/t12-/m1/s1. The maximum atomic E-state index is 14.8. The summed E-state index contributed by atoms with van der Waals surface area (Å²) >= 11 is 0. The molecule has 0 aliphatic heterocycles. The third-order valence-electron chi connectivity index (χ3n) is 5.26. The van der Waals surface area contributed by atoms with Gasteiger partial charge >= 0.3 is 12.1 Å². The van der Waals surface area contributed by atoms with Crippen LogP contribution in [0, 0.1) is 5.82 Å². The van der Waals surface area contributed by atoms with E-state index < -0.39 is 23.5 Å². The molecule has 178 valence electrons. The number of nitrogens with zero attached hydrogens (tertiary/aromatic N) is 3. The smallest absolute Gasteiger partial charge is 0.408 e. The molecule has 0 aliphatic rings. The maximum absolute atomic E-state index is 14.8. The number of imidazole rings is 1. The Morgan fingerprint density at radius 3 is 2.59 bits per heavy atom. The lowest BCUT2D eigenvalue weighted by Gasteiger charge is -2.21. The number of esters is 1. The third kappa shape index (κ3) is 4.43. The fourth-order valence-corrected chi connectivity index (χ4v) is 3.71. The number of methoxy groups -OCH3 is 1. The number of benzene rings is 1. The number of fused-ring (bicyclic) bond motifs is 2. The van der Waals surface area contributed by atoms with Crippen molar-refractivity contribution in [2.24, 2.45) is 7.05 Å². The Balaban J connectivity index is 1.67. The zero-order chi connectivity index (χ0) is 24.8. The number of hydrogen-bond donors (Lipinski definition) is 2. The highest BCUT2D eigenvalue weighted by atomic mass is 19.1. The summed E-state index contributed by atoms with van der Waals surface area (Å²) < 4.78 is 26.4. The van der Waals surface area contributed by atoms with Gasteiger partial charge in [-0.3, -0.25) is 0 Å². The fraction of sp³-hybridized carbons (Fsp3) is 0.333. The molecular weight excluding hydrogens is 441 g/mol. The predicted molar refractivity (Wildman–Crippen MR) is 125 cm³/mol. The van der Waals surface area contributed by atoms with Crippen LogP contribution >= 0.6 is 0 Å². The SMILES string of the molecule is COC(=O)c1cc(F)c2c(c1)nc(-c1cc3ccc([C@@H](C)NC(=O)OC(C)(C)C)nc3[nH]1)n2C. The van der Waals surface area contributed by atoms with Crippen LogP contribution in [0.2, 0.25) is 0 Å². The van der Waals surface area contributed by atoms with Crippen molar-refractivity contribution in [3.8, 4) is 11.5 Å². The highest BCUT2D eigenvalue weighted by Crippen LogP contribution is 2.29. The average molecular weight is 468 g/mol. The van der Waals surface area contributed by atoms with Gasteiger partial charge in [-0.2, -0.15) is 0 Å². The quantitative estimate of drug-likeness (QED) is 0.424. The molecule has 0 spiro atoms. The van der Waals surface area contributed by atoms with Gasteiger partial charge < -0.3 is 24.3 Å². The van der Waals surface area contributed by atoms with Crippen molar-refractivity contribution >= 4 is 34.1 Å². The first kappa shape index (κ1) is 23.2. The van der Waals surface area contributed by atoms with E-state index in [0.29, 0.717) is 28.4 Å². The maximum Gasteiger partial charge on any atom is 0.408 e. The number of pyridine rings is 1. The van der Waals surface area contributed by atoms with E-state index in [0.717, 1.165) is 11.5 Å². The number of amides is 1. The molecule has 0 radical (unpaired) electrons. The summed E-state index contributed by atoms with van der Waals surface area (Å²) in [6, 6.07) is 7.81. The Morgan fingerprint density at radius 2 is 1.91 bits per heavy atom. The van der Waals surface area contributed by atoms with Crippen LogP contribution in [0.4, 0.5) is 9.18 Å². The number of halogens is 1. The first-order valence-corrected chi connectivity index (χ1v) is 10.7. The monoisotopic (exact) mass is 467 g/mol. The Hall–Kier alpha value is -3.95. The minimum Gasteiger partial charge on any atom is -0.465 e. The summed E-state index contributed by atoms with van der Waals surface area (Å²) in [5.41, 5.74) is 1.96. The van der Waals surface area contributed by atoms with Crippen molar-refractivity contribution in [1.82, 2.24) is 24.8 Å². The lowest BCUT2D eigenvalue weighted by molar-refractivity contribution is 0.0506. The minimum atomic E-state index is -0.635. The molecule has 4 rings (SSSR count). The van der Waals surface area contributed by atoms with Crippen molar-refractivity contribution in [2.45, 2.75) is 39.3 Å². The number of H-pyrrole nitrogens is 1. The number of carbonyl (C=O) groups is 2. The van der Waals surface area contributed by atoms with E-state index in [-0.39, 0.29) is 17.1 Å². The molecule has 10 heteroatoms. The van der Waals surface area contributed by atoms with Crippen LogP contribution in [-0.2, 0) is 16.5 Å². The Labute approximate surface area is 195 Å². The molecule has 0 bridgehead atoms. The van der Waals surface area contributed by atoms with Gasteiger partial charge in [0.15, 0.2) is 5.82 Å². The Bertz CT molecular complexity index is 1420. The topological polar surface area (TPSA) is 111 Å². The number of ether oxygens (including phenoxy) is 2. The van der Waals surface area contributed by atoms with E-state index in [1.165, 1.54) is 13.2 Å². The molecule has 3 aromatic heterocycles. The highest BCUT2D eigenvalue weighted by molar-refractivity contribution is 5.95. The van der Waals surface area contributed by atoms with Gasteiger partial charge in [0.25, 0.3) is 0 Å². The zero-order valence-electron chi connectivity index (χ0n) is 19.8. The molecule has 0 unspecified atom stereocenters. The molecule has 9 nitrogen and oxygen atoms in total. The van der Waals surface area contributed by atoms with Crippen LogP contribution in [0.25, 0.3) is 33.6 Å². The first-order chi connectivity index (χ1) is 16.0. The van der Waals surface area contributed by atoms with E-state index >= 15 is 0 Å². The number of carbonyl (C=O) groups excluding carboxylic acids is 2. The van der Waals surface area contributed by atoms with Crippen LogP contribution in [0.3, 0.4) is 0 Å². The summed E-state index contributed by atoms with van der Waals surface area (Å²) in [5.74, 6) is -0.724. The van der Waals surface area contributed by atoms with Crippen LogP contribution < -0.4 is 5.32 Å². The molecule has 1 aromatic carbocycles. The van der Waals surface area contributed by atoms with Gasteiger partial charge in [-0.25, -0.2) is 23.9 Å². The molecule has 34 heavy (non-hydrogen) atoms. The van der Waals surface area contributed by atoms with Crippen molar-refractivity contribution < 1.29 is 23.5 Å². The minimum absolute atomic E-state index is 0.0894. The summed E-state index contributed by atoms with van der Waals surface area (Å²) in [7, 11) is 2.94. The summed E-state index contributed by atoms with van der Waals surface area (Å²) in [6.07, 6.45) is -0.526. The summed E-state index contributed by atoms with van der Waals surface area (Å²) in [4.78, 5) is 36.3. The molecule has 0 saturated carbocycles. The molecule has 1 atom stereocenters. The van der Waals surface area contributed by atoms with Gasteiger partial charge in [-0.1, -0.05) is 0 Å². The van der Waals surface area contributed by atoms with Crippen LogP contribution in [-0.4, -0.2) is 44.3 Å². The number of rotatable bonds is 4. The summed E-state index contributed by atoms with van der Waals surface area (Å²) in [6.45, 7) is 7.20. The second-order valence-electron chi connectivity index (χ2n) is 9.04. The molecule has 2 N–H and O–H groups in total. The van der Waals surface area contributed by atoms with E-state index in [1.807, 2.05) is 25.1 Å². The van der Waals surface area contributed by atoms with E-state index in [2.05, 4.69) is 20.3 Å². The van der Waals surface area contributed by atoms with Gasteiger partial charge in [0.1, 0.15) is 22.6 Å². The lowest BCUT2D eigenvalue weighted by atomic mass is 10.2. The van der Waals surface area contributed by atoms with Crippen LogP contribution in [0.15, 0.2) is 30.3 Å². The van der Waals surface area contributed by atoms with Gasteiger partial charge in [0, 0.05) is 12.4 Å². The lowest BCUT2D eigenvalue weighted by Crippen LogP contribution is -2.34. The van der Waals surface area contributed by atoms with E-state index in [4.69, 9.17) is 9.47 Å². The van der Waals surface area contributed by atoms with Gasteiger partial charge in [0.05, 0.1) is 35.6 Å². The van der Waals surface area contributed by atoms with Gasteiger partial charge in [-0.05, 0) is 58.0 Å². The van der Waals surface area contributed by atoms with Crippen molar-refractivity contribution in [1.29, 1.82) is 0 Å². The van der Waals surface area contributed by atoms with Crippen LogP contribution in [0.5, 0.6) is 0 Å². The van der Waals surface area contributed by atoms with Crippen molar-refractivity contribution in [3.05, 3.63) is 47.4 Å². The molecule has 3 heterocycles. The first-order valence-electron chi connectivity index (χ1n) is 10.7. The van der Waals surface area contributed by atoms with E-state index in [1.54, 1.807) is 32.4 Å². The number of aromatic nitrogens is 4. The molecule has 0 aliphatic carbocycles. The molecule has 4 aromatic rings. The predicted octanol–water partition coefficient (Wildman–Crippen LogP) is 4.63. The molecule has 0 saturated heterocycles. The number of hydrogen-bond acceptors (Lipinski definition) is 6. The largest absolute Gasteiger partial charge is 0.465 e. The number of alkyl carbamates (subject to hydrolysis) is 1. The second-order valence-corrected chi connectivity index (χ2v) is 9.04. The van der Waals surface area contributed by atoms with E-state index in [9.17, 15) is 14.0 Å². The fourth-order valence-electron chi connectivity index (χ4n) is 3.71. The summed E-state index contributed by atoms with van der Waals surface area (Å²) in [5, 5.41) is 3.60. The Kier molecular flexibility index (Phi) is 5.76.